The molecule has 0 aromatic heterocycles. The first-order valence-corrected chi connectivity index (χ1v) is 5.78. The summed E-state index contributed by atoms with van der Waals surface area (Å²) in [6.45, 7) is 5.57. The SMILES string of the molecule is CC(C)(C)OC(=O)N1CCC(C)(C#N)C(F)(F)C1. The molecule has 0 radical (unpaired) electrons. The number of piperidine rings is 1. The van der Waals surface area contributed by atoms with Gasteiger partial charge in [-0.3, -0.25) is 0 Å². The van der Waals surface area contributed by atoms with Crippen molar-refractivity contribution in [3.8, 4) is 6.07 Å². The number of alkyl halides is 2. The lowest BCUT2D eigenvalue weighted by molar-refractivity contribution is -0.134. The highest BCUT2D eigenvalue weighted by Gasteiger charge is 2.55. The van der Waals surface area contributed by atoms with E-state index >= 15 is 0 Å². The third-order valence-electron chi connectivity index (χ3n) is 2.98. The van der Waals surface area contributed by atoms with Gasteiger partial charge in [0.1, 0.15) is 11.0 Å². The normalized spacial score (nSPS) is 27.5. The summed E-state index contributed by atoms with van der Waals surface area (Å²) in [5.41, 5.74) is -2.44. The number of carbonyl (C=O) groups excluding carboxylic acids is 1. The minimum Gasteiger partial charge on any atom is -0.444 e. The van der Waals surface area contributed by atoms with E-state index in [9.17, 15) is 13.6 Å². The van der Waals surface area contributed by atoms with Crippen LogP contribution >= 0.6 is 0 Å². The number of halogens is 2. The maximum absolute atomic E-state index is 13.8. The van der Waals surface area contributed by atoms with Crippen LogP contribution in [0.25, 0.3) is 0 Å². The minimum absolute atomic E-state index is 0.0598. The van der Waals surface area contributed by atoms with Crippen molar-refractivity contribution in [2.24, 2.45) is 5.41 Å². The molecule has 1 rings (SSSR count). The van der Waals surface area contributed by atoms with Crippen molar-refractivity contribution in [1.82, 2.24) is 4.90 Å². The molecule has 0 saturated carbocycles. The lowest BCUT2D eigenvalue weighted by Gasteiger charge is -2.41. The standard InChI is InChI=1S/C12H18F2N2O2/c1-10(2,3)18-9(17)16-6-5-11(4,7-15)12(13,14)8-16/h5-6,8H2,1-4H3. The van der Waals surface area contributed by atoms with Crippen molar-refractivity contribution in [2.45, 2.75) is 45.6 Å². The first-order valence-electron chi connectivity index (χ1n) is 5.78. The Hall–Kier alpha value is -1.38. The number of likely N-dealkylation sites (tertiary alicyclic amines) is 1. The maximum Gasteiger partial charge on any atom is 0.410 e. The summed E-state index contributed by atoms with van der Waals surface area (Å²) in [7, 11) is 0. The van der Waals surface area contributed by atoms with E-state index < -0.39 is 29.6 Å². The molecule has 1 amide bonds. The van der Waals surface area contributed by atoms with Gasteiger partial charge in [0.05, 0.1) is 12.6 Å². The number of carbonyl (C=O) groups is 1. The average molecular weight is 260 g/mol. The topological polar surface area (TPSA) is 53.3 Å². The Bertz CT molecular complexity index is 385. The van der Waals surface area contributed by atoms with Gasteiger partial charge >= 0.3 is 6.09 Å². The molecule has 0 spiro atoms. The third-order valence-corrected chi connectivity index (χ3v) is 2.98. The molecule has 1 fully saturated rings. The van der Waals surface area contributed by atoms with Gasteiger partial charge in [-0.1, -0.05) is 0 Å². The number of rotatable bonds is 0. The molecule has 0 aliphatic carbocycles. The molecule has 0 bridgehead atoms. The molecule has 1 saturated heterocycles. The lowest BCUT2D eigenvalue weighted by Crippen LogP contribution is -2.56. The maximum atomic E-state index is 13.8. The van der Waals surface area contributed by atoms with E-state index in [-0.39, 0.29) is 13.0 Å². The molecule has 6 heteroatoms. The van der Waals surface area contributed by atoms with Gasteiger partial charge in [-0.25, -0.2) is 13.6 Å². The van der Waals surface area contributed by atoms with E-state index in [1.165, 1.54) is 6.92 Å². The van der Waals surface area contributed by atoms with Gasteiger partial charge in [0, 0.05) is 6.54 Å². The Morgan fingerprint density at radius 2 is 2.00 bits per heavy atom. The summed E-state index contributed by atoms with van der Waals surface area (Å²) in [5, 5.41) is 8.83. The van der Waals surface area contributed by atoms with Crippen LogP contribution in [0.1, 0.15) is 34.1 Å². The Morgan fingerprint density at radius 3 is 2.39 bits per heavy atom. The summed E-state index contributed by atoms with van der Waals surface area (Å²) in [4.78, 5) is 12.7. The van der Waals surface area contributed by atoms with Crippen molar-refractivity contribution in [2.75, 3.05) is 13.1 Å². The Labute approximate surface area is 106 Å². The number of ether oxygens (including phenoxy) is 1. The molecule has 1 unspecified atom stereocenters. The second kappa shape index (κ2) is 4.38. The van der Waals surface area contributed by atoms with Crippen molar-refractivity contribution in [3.05, 3.63) is 0 Å². The predicted octanol–water partition coefficient (Wildman–Crippen LogP) is 2.79. The molecule has 0 aromatic carbocycles. The molecular formula is C12H18F2N2O2. The van der Waals surface area contributed by atoms with Crippen LogP contribution in [-0.2, 0) is 4.74 Å². The zero-order valence-corrected chi connectivity index (χ0v) is 11.1. The van der Waals surface area contributed by atoms with Gasteiger partial charge in [-0.2, -0.15) is 5.26 Å². The van der Waals surface area contributed by atoms with Crippen molar-refractivity contribution in [3.63, 3.8) is 0 Å². The molecular weight excluding hydrogens is 242 g/mol. The number of nitrogens with zero attached hydrogens (tertiary/aromatic N) is 2. The van der Waals surface area contributed by atoms with Crippen LogP contribution in [0, 0.1) is 16.7 Å². The highest BCUT2D eigenvalue weighted by molar-refractivity contribution is 5.68. The molecule has 1 heterocycles. The summed E-state index contributed by atoms with van der Waals surface area (Å²) < 4.78 is 32.7. The Kier molecular flexibility index (Phi) is 3.57. The first-order chi connectivity index (χ1) is 8.01. The van der Waals surface area contributed by atoms with Gasteiger partial charge in [-0.15, -0.1) is 0 Å². The molecule has 0 N–H and O–H groups in total. The molecule has 1 aliphatic rings. The quantitative estimate of drug-likeness (QED) is 0.673. The Balaban J connectivity index is 2.77. The van der Waals surface area contributed by atoms with Crippen LogP contribution in [-0.4, -0.2) is 35.6 Å². The molecule has 1 aliphatic heterocycles. The van der Waals surface area contributed by atoms with Crippen LogP contribution in [0.5, 0.6) is 0 Å². The highest BCUT2D eigenvalue weighted by atomic mass is 19.3. The fraction of sp³-hybridized carbons (Fsp3) is 0.833. The minimum atomic E-state index is -3.23. The van der Waals surface area contributed by atoms with E-state index in [1.807, 2.05) is 0 Å². The van der Waals surface area contributed by atoms with Gasteiger partial charge in [0.25, 0.3) is 5.92 Å². The highest BCUT2D eigenvalue weighted by Crippen LogP contribution is 2.43. The van der Waals surface area contributed by atoms with Crippen LogP contribution in [0.4, 0.5) is 13.6 Å². The fourth-order valence-electron chi connectivity index (χ4n) is 1.65. The number of hydrogen-bond donors (Lipinski definition) is 0. The van der Waals surface area contributed by atoms with Gasteiger partial charge in [0.2, 0.25) is 0 Å². The summed E-state index contributed by atoms with van der Waals surface area (Å²) in [6.07, 6.45) is -0.822. The van der Waals surface area contributed by atoms with Crippen LogP contribution in [0.2, 0.25) is 0 Å². The zero-order chi connectivity index (χ0) is 14.2. The summed E-state index contributed by atoms with van der Waals surface area (Å²) in [5.74, 6) is -3.23. The monoisotopic (exact) mass is 260 g/mol. The number of hydrogen-bond acceptors (Lipinski definition) is 3. The Morgan fingerprint density at radius 1 is 1.44 bits per heavy atom. The fourth-order valence-corrected chi connectivity index (χ4v) is 1.65. The van der Waals surface area contributed by atoms with E-state index in [0.717, 1.165) is 4.90 Å². The molecule has 18 heavy (non-hydrogen) atoms. The molecule has 0 aromatic rings. The lowest BCUT2D eigenvalue weighted by atomic mass is 9.78. The zero-order valence-electron chi connectivity index (χ0n) is 11.1. The van der Waals surface area contributed by atoms with E-state index in [4.69, 9.17) is 10.00 Å². The van der Waals surface area contributed by atoms with Crippen LogP contribution in [0.15, 0.2) is 0 Å². The van der Waals surface area contributed by atoms with E-state index in [1.54, 1.807) is 26.8 Å². The van der Waals surface area contributed by atoms with Gasteiger partial charge < -0.3 is 9.64 Å². The molecule has 102 valence electrons. The molecule has 4 nitrogen and oxygen atoms in total. The second-order valence-corrected chi connectivity index (χ2v) is 5.80. The average Bonchev–Trinajstić information content (AvgIpc) is 2.19. The van der Waals surface area contributed by atoms with Gasteiger partial charge in [-0.05, 0) is 34.1 Å². The largest absolute Gasteiger partial charge is 0.444 e. The van der Waals surface area contributed by atoms with Crippen molar-refractivity contribution >= 4 is 6.09 Å². The molecule has 1 atom stereocenters. The van der Waals surface area contributed by atoms with Gasteiger partial charge in [0.15, 0.2) is 0 Å². The third kappa shape index (κ3) is 2.89. The number of amides is 1. The first kappa shape index (κ1) is 14.7. The van der Waals surface area contributed by atoms with E-state index in [0.29, 0.717) is 0 Å². The van der Waals surface area contributed by atoms with Crippen LogP contribution < -0.4 is 0 Å². The van der Waals surface area contributed by atoms with E-state index in [2.05, 4.69) is 0 Å². The summed E-state index contributed by atoms with van der Waals surface area (Å²) in [6, 6.07) is 1.65. The predicted molar refractivity (Wildman–Crippen MR) is 61.1 cm³/mol. The summed E-state index contributed by atoms with van der Waals surface area (Å²) >= 11 is 0. The second-order valence-electron chi connectivity index (χ2n) is 5.80. The van der Waals surface area contributed by atoms with Crippen molar-refractivity contribution < 1.29 is 18.3 Å². The van der Waals surface area contributed by atoms with Crippen molar-refractivity contribution in [1.29, 1.82) is 5.26 Å². The van der Waals surface area contributed by atoms with Crippen LogP contribution in [0.3, 0.4) is 0 Å². The smallest absolute Gasteiger partial charge is 0.410 e. The number of nitriles is 1.